The maximum Gasteiger partial charge on any atom is 0.225 e. The van der Waals surface area contributed by atoms with Crippen LogP contribution in [-0.2, 0) is 11.2 Å². The molecule has 5 heteroatoms. The van der Waals surface area contributed by atoms with Gasteiger partial charge in [-0.2, -0.15) is 5.10 Å². The number of methoxy groups -OCH3 is 1. The van der Waals surface area contributed by atoms with E-state index in [2.05, 4.69) is 5.32 Å². The Morgan fingerprint density at radius 1 is 0.933 bits per heavy atom. The van der Waals surface area contributed by atoms with E-state index >= 15 is 0 Å². The number of rotatable bonds is 7. The first kappa shape index (κ1) is 19.5. The molecule has 1 N–H and O–H groups in total. The Kier molecular flexibility index (Phi) is 5.90. The second-order valence-corrected chi connectivity index (χ2v) is 6.92. The molecule has 0 unspecified atom stereocenters. The van der Waals surface area contributed by atoms with Crippen LogP contribution in [0.2, 0.25) is 0 Å². The highest BCUT2D eigenvalue weighted by Gasteiger charge is 2.14. The molecule has 0 spiro atoms. The van der Waals surface area contributed by atoms with Crippen molar-refractivity contribution in [1.29, 1.82) is 0 Å². The summed E-state index contributed by atoms with van der Waals surface area (Å²) in [6.45, 7) is 0. The highest BCUT2D eigenvalue weighted by Crippen LogP contribution is 2.26. The molecule has 0 bridgehead atoms. The van der Waals surface area contributed by atoms with Crippen LogP contribution < -0.4 is 10.1 Å². The van der Waals surface area contributed by atoms with Crippen LogP contribution in [0, 0.1) is 0 Å². The molecule has 30 heavy (non-hydrogen) atoms. The molecule has 0 saturated carbocycles. The molecular formula is C25H23N3O2. The summed E-state index contributed by atoms with van der Waals surface area (Å²) in [4.78, 5) is 12.6. The summed E-state index contributed by atoms with van der Waals surface area (Å²) in [6, 6.07) is 29.4. The number of carbonyl (C=O) groups excluding carboxylic acids is 1. The molecule has 0 aliphatic carbocycles. The molecule has 0 aliphatic rings. The highest BCUT2D eigenvalue weighted by molar-refractivity contribution is 5.91. The van der Waals surface area contributed by atoms with Crippen molar-refractivity contribution >= 4 is 11.7 Å². The van der Waals surface area contributed by atoms with Gasteiger partial charge in [-0.15, -0.1) is 0 Å². The van der Waals surface area contributed by atoms with Gasteiger partial charge in [0.1, 0.15) is 11.6 Å². The van der Waals surface area contributed by atoms with E-state index in [4.69, 9.17) is 9.84 Å². The molecule has 1 amide bonds. The summed E-state index contributed by atoms with van der Waals surface area (Å²) in [5.74, 6) is 1.35. The molecule has 4 rings (SSSR count). The number of ether oxygens (including phenoxy) is 1. The molecule has 3 aromatic carbocycles. The minimum Gasteiger partial charge on any atom is -0.497 e. The Hall–Kier alpha value is -3.86. The number of anilines is 1. The maximum absolute atomic E-state index is 12.6. The average molecular weight is 397 g/mol. The Morgan fingerprint density at radius 3 is 2.27 bits per heavy atom. The fourth-order valence-corrected chi connectivity index (χ4v) is 3.25. The third kappa shape index (κ3) is 4.58. The Bertz CT molecular complexity index is 1100. The quantitative estimate of drug-likeness (QED) is 0.471. The SMILES string of the molecule is COc1ccc(-n2nc(-c3ccccc3)cc2NC(=O)CCc2ccccc2)cc1. The van der Waals surface area contributed by atoms with Crippen molar-refractivity contribution in [3.05, 3.63) is 96.6 Å². The number of aryl methyl sites for hydroxylation is 1. The predicted molar refractivity (Wildman–Crippen MR) is 119 cm³/mol. The number of amides is 1. The van der Waals surface area contributed by atoms with Crippen LogP contribution in [-0.4, -0.2) is 22.8 Å². The van der Waals surface area contributed by atoms with Crippen molar-refractivity contribution in [2.45, 2.75) is 12.8 Å². The third-order valence-electron chi connectivity index (χ3n) is 4.85. The van der Waals surface area contributed by atoms with Crippen LogP contribution in [0.1, 0.15) is 12.0 Å². The number of benzene rings is 3. The zero-order valence-corrected chi connectivity index (χ0v) is 16.8. The number of hydrogen-bond acceptors (Lipinski definition) is 3. The summed E-state index contributed by atoms with van der Waals surface area (Å²) in [6.07, 6.45) is 1.09. The molecule has 1 heterocycles. The van der Waals surface area contributed by atoms with E-state index in [1.165, 1.54) is 0 Å². The number of nitrogens with one attached hydrogen (secondary N) is 1. The van der Waals surface area contributed by atoms with Crippen molar-refractivity contribution in [2.24, 2.45) is 0 Å². The summed E-state index contributed by atoms with van der Waals surface area (Å²) in [5, 5.41) is 7.77. The van der Waals surface area contributed by atoms with E-state index in [0.29, 0.717) is 18.7 Å². The third-order valence-corrected chi connectivity index (χ3v) is 4.85. The second-order valence-electron chi connectivity index (χ2n) is 6.92. The van der Waals surface area contributed by atoms with E-state index < -0.39 is 0 Å². The predicted octanol–water partition coefficient (Wildman–Crippen LogP) is 5.12. The standard InChI is InChI=1S/C25H23N3O2/c1-30-22-15-13-21(14-16-22)28-24(18-23(27-28)20-10-6-3-7-11-20)26-25(29)17-12-19-8-4-2-5-9-19/h2-11,13-16,18H,12,17H2,1H3,(H,26,29). The van der Waals surface area contributed by atoms with Gasteiger partial charge in [-0.1, -0.05) is 60.7 Å². The van der Waals surface area contributed by atoms with Gasteiger partial charge in [0.15, 0.2) is 0 Å². The zero-order valence-electron chi connectivity index (χ0n) is 16.8. The van der Waals surface area contributed by atoms with Crippen LogP contribution >= 0.6 is 0 Å². The molecule has 0 atom stereocenters. The highest BCUT2D eigenvalue weighted by atomic mass is 16.5. The second kappa shape index (κ2) is 9.09. The molecule has 0 radical (unpaired) electrons. The van der Waals surface area contributed by atoms with Crippen LogP contribution in [0.3, 0.4) is 0 Å². The van der Waals surface area contributed by atoms with E-state index in [9.17, 15) is 4.79 Å². The van der Waals surface area contributed by atoms with Gasteiger partial charge < -0.3 is 10.1 Å². The van der Waals surface area contributed by atoms with Gasteiger partial charge in [0.05, 0.1) is 18.5 Å². The van der Waals surface area contributed by atoms with Crippen molar-refractivity contribution in [2.75, 3.05) is 12.4 Å². The number of hydrogen-bond donors (Lipinski definition) is 1. The Labute approximate surface area is 175 Å². The fourth-order valence-electron chi connectivity index (χ4n) is 3.25. The lowest BCUT2D eigenvalue weighted by atomic mass is 10.1. The molecule has 0 aliphatic heterocycles. The first-order valence-corrected chi connectivity index (χ1v) is 9.86. The van der Waals surface area contributed by atoms with Gasteiger partial charge >= 0.3 is 0 Å². The van der Waals surface area contributed by atoms with Crippen LogP contribution in [0.5, 0.6) is 5.75 Å². The summed E-state index contributed by atoms with van der Waals surface area (Å²) in [5.41, 5.74) is 3.77. The Balaban J connectivity index is 1.59. The van der Waals surface area contributed by atoms with Gasteiger partial charge in [-0.05, 0) is 36.2 Å². The monoisotopic (exact) mass is 397 g/mol. The van der Waals surface area contributed by atoms with Crippen LogP contribution in [0.25, 0.3) is 16.9 Å². The van der Waals surface area contributed by atoms with Crippen molar-refractivity contribution in [3.63, 3.8) is 0 Å². The van der Waals surface area contributed by atoms with Crippen molar-refractivity contribution < 1.29 is 9.53 Å². The first-order chi connectivity index (χ1) is 14.7. The molecular weight excluding hydrogens is 374 g/mol. The van der Waals surface area contributed by atoms with Gasteiger partial charge in [0.2, 0.25) is 5.91 Å². The number of aromatic nitrogens is 2. The van der Waals surface area contributed by atoms with E-state index in [1.807, 2.05) is 91.0 Å². The van der Waals surface area contributed by atoms with Gasteiger partial charge in [0.25, 0.3) is 0 Å². The summed E-state index contributed by atoms with van der Waals surface area (Å²) in [7, 11) is 1.63. The normalized spacial score (nSPS) is 10.6. The lowest BCUT2D eigenvalue weighted by Gasteiger charge is -2.09. The van der Waals surface area contributed by atoms with E-state index in [0.717, 1.165) is 28.3 Å². The van der Waals surface area contributed by atoms with E-state index in [-0.39, 0.29) is 5.91 Å². The fraction of sp³-hybridized carbons (Fsp3) is 0.120. The van der Waals surface area contributed by atoms with Gasteiger partial charge in [0, 0.05) is 18.1 Å². The molecule has 5 nitrogen and oxygen atoms in total. The van der Waals surface area contributed by atoms with Gasteiger partial charge in [-0.25, -0.2) is 4.68 Å². The molecule has 4 aromatic rings. The van der Waals surface area contributed by atoms with E-state index in [1.54, 1.807) is 11.8 Å². The topological polar surface area (TPSA) is 56.1 Å². The van der Waals surface area contributed by atoms with Crippen molar-refractivity contribution in [3.8, 4) is 22.7 Å². The number of nitrogens with zero attached hydrogens (tertiary/aromatic N) is 2. The minimum atomic E-state index is -0.0480. The maximum atomic E-state index is 12.6. The lowest BCUT2D eigenvalue weighted by Crippen LogP contribution is -2.15. The molecule has 0 saturated heterocycles. The summed E-state index contributed by atoms with van der Waals surface area (Å²) >= 11 is 0. The Morgan fingerprint density at radius 2 is 1.60 bits per heavy atom. The van der Waals surface area contributed by atoms with Crippen LogP contribution in [0.15, 0.2) is 91.0 Å². The summed E-state index contributed by atoms with van der Waals surface area (Å²) < 4.78 is 7.00. The molecule has 1 aromatic heterocycles. The number of carbonyl (C=O) groups is 1. The smallest absolute Gasteiger partial charge is 0.225 e. The molecule has 150 valence electrons. The lowest BCUT2D eigenvalue weighted by molar-refractivity contribution is -0.116. The zero-order chi connectivity index (χ0) is 20.8. The largest absolute Gasteiger partial charge is 0.497 e. The van der Waals surface area contributed by atoms with Crippen LogP contribution in [0.4, 0.5) is 5.82 Å². The first-order valence-electron chi connectivity index (χ1n) is 9.86. The van der Waals surface area contributed by atoms with Crippen molar-refractivity contribution in [1.82, 2.24) is 9.78 Å². The van der Waals surface area contributed by atoms with Gasteiger partial charge in [-0.3, -0.25) is 4.79 Å². The average Bonchev–Trinajstić information content (AvgIpc) is 3.22. The molecule has 0 fully saturated rings. The minimum absolute atomic E-state index is 0.0480.